The van der Waals surface area contributed by atoms with Crippen LogP contribution < -0.4 is 5.32 Å². The van der Waals surface area contributed by atoms with Gasteiger partial charge in [0.1, 0.15) is 0 Å². The molecule has 0 saturated carbocycles. The number of hydrogen-bond donors (Lipinski definition) is 3. The van der Waals surface area contributed by atoms with Crippen LogP contribution in [0.4, 0.5) is 0 Å². The molecule has 0 aliphatic heterocycles. The van der Waals surface area contributed by atoms with Crippen LogP contribution in [-0.2, 0) is 17.8 Å². The van der Waals surface area contributed by atoms with Crippen molar-refractivity contribution in [3.63, 3.8) is 0 Å². The number of hydrogen-bond acceptors (Lipinski definition) is 1. The third-order valence-corrected chi connectivity index (χ3v) is 3.16. The highest BCUT2D eigenvalue weighted by atomic mass is 16.1. The Kier molecular flexibility index (Phi) is 3.06. The Balaban J connectivity index is 1.66. The van der Waals surface area contributed by atoms with Crippen LogP contribution in [0.3, 0.4) is 0 Å². The molecule has 19 heavy (non-hydrogen) atoms. The fourth-order valence-corrected chi connectivity index (χ4v) is 2.18. The minimum absolute atomic E-state index is 0.0272. The van der Waals surface area contributed by atoms with Gasteiger partial charge in [-0.15, -0.1) is 0 Å². The first kappa shape index (κ1) is 11.6. The van der Waals surface area contributed by atoms with Crippen molar-refractivity contribution in [3.05, 3.63) is 60.0 Å². The van der Waals surface area contributed by atoms with Crippen LogP contribution in [0.1, 0.15) is 11.3 Å². The molecule has 2 aromatic heterocycles. The highest BCUT2D eigenvalue weighted by Gasteiger charge is 2.08. The third kappa shape index (κ3) is 2.52. The fourth-order valence-electron chi connectivity index (χ4n) is 2.18. The van der Waals surface area contributed by atoms with E-state index in [9.17, 15) is 4.79 Å². The van der Waals surface area contributed by atoms with Crippen molar-refractivity contribution < 1.29 is 4.79 Å². The van der Waals surface area contributed by atoms with Gasteiger partial charge < -0.3 is 15.3 Å². The van der Waals surface area contributed by atoms with E-state index in [1.54, 1.807) is 0 Å². The molecule has 1 amide bonds. The van der Waals surface area contributed by atoms with E-state index >= 15 is 0 Å². The molecule has 0 bridgehead atoms. The smallest absolute Gasteiger partial charge is 0.224 e. The van der Waals surface area contributed by atoms with Crippen LogP contribution in [0.15, 0.2) is 48.8 Å². The zero-order valence-corrected chi connectivity index (χ0v) is 10.4. The molecule has 2 heterocycles. The van der Waals surface area contributed by atoms with Gasteiger partial charge in [-0.25, -0.2) is 0 Å². The Hall–Kier alpha value is -2.49. The predicted molar refractivity (Wildman–Crippen MR) is 74.6 cm³/mol. The lowest BCUT2D eigenvalue weighted by atomic mass is 10.1. The number of benzene rings is 1. The van der Waals surface area contributed by atoms with Gasteiger partial charge in [0.05, 0.1) is 13.0 Å². The maximum atomic E-state index is 11.9. The molecule has 0 radical (unpaired) electrons. The minimum Gasteiger partial charge on any atom is -0.364 e. The standard InChI is InChI=1S/C15H15N3O/c19-15(18-10-12-4-3-7-16-12)8-11-9-17-14-6-2-1-5-13(11)14/h1-7,9,16-17H,8,10H2,(H,18,19). The zero-order valence-electron chi connectivity index (χ0n) is 10.4. The van der Waals surface area contributed by atoms with Crippen LogP contribution in [0.2, 0.25) is 0 Å². The maximum Gasteiger partial charge on any atom is 0.224 e. The molecule has 0 fully saturated rings. The first-order valence-electron chi connectivity index (χ1n) is 6.27. The molecule has 0 spiro atoms. The van der Waals surface area contributed by atoms with E-state index in [-0.39, 0.29) is 5.91 Å². The Bertz CT molecular complexity index is 682. The quantitative estimate of drug-likeness (QED) is 0.656. The molecule has 3 aromatic rings. The van der Waals surface area contributed by atoms with Gasteiger partial charge in [0.2, 0.25) is 5.91 Å². The van der Waals surface area contributed by atoms with Crippen molar-refractivity contribution >= 4 is 16.8 Å². The van der Waals surface area contributed by atoms with Crippen molar-refractivity contribution in [2.24, 2.45) is 0 Å². The highest BCUT2D eigenvalue weighted by molar-refractivity contribution is 5.88. The summed E-state index contributed by atoms with van der Waals surface area (Å²) in [4.78, 5) is 18.1. The average Bonchev–Trinajstić information content (AvgIpc) is 3.07. The van der Waals surface area contributed by atoms with Gasteiger partial charge in [0, 0.05) is 29.0 Å². The van der Waals surface area contributed by atoms with Crippen LogP contribution >= 0.6 is 0 Å². The fraction of sp³-hybridized carbons (Fsp3) is 0.133. The summed E-state index contributed by atoms with van der Waals surface area (Å²) in [6.45, 7) is 0.536. The van der Waals surface area contributed by atoms with E-state index in [4.69, 9.17) is 0 Å². The number of fused-ring (bicyclic) bond motifs is 1. The summed E-state index contributed by atoms with van der Waals surface area (Å²) >= 11 is 0. The molecular formula is C15H15N3O. The third-order valence-electron chi connectivity index (χ3n) is 3.16. The van der Waals surface area contributed by atoms with Crippen molar-refractivity contribution in [1.82, 2.24) is 15.3 Å². The van der Waals surface area contributed by atoms with E-state index in [0.29, 0.717) is 13.0 Å². The number of aromatic nitrogens is 2. The number of rotatable bonds is 4. The number of para-hydroxylation sites is 1. The molecule has 0 aliphatic carbocycles. The summed E-state index contributed by atoms with van der Waals surface area (Å²) in [6, 6.07) is 11.9. The van der Waals surface area contributed by atoms with Gasteiger partial charge in [-0.2, -0.15) is 0 Å². The van der Waals surface area contributed by atoms with Gasteiger partial charge in [0.15, 0.2) is 0 Å². The van der Waals surface area contributed by atoms with Crippen molar-refractivity contribution in [2.75, 3.05) is 0 Å². The van der Waals surface area contributed by atoms with Gasteiger partial charge in [0.25, 0.3) is 0 Å². The van der Waals surface area contributed by atoms with E-state index in [1.165, 1.54) is 0 Å². The van der Waals surface area contributed by atoms with Crippen molar-refractivity contribution in [2.45, 2.75) is 13.0 Å². The second-order valence-corrected chi connectivity index (χ2v) is 4.51. The topological polar surface area (TPSA) is 60.7 Å². The lowest BCUT2D eigenvalue weighted by Gasteiger charge is -2.03. The second kappa shape index (κ2) is 5.02. The second-order valence-electron chi connectivity index (χ2n) is 4.51. The molecule has 96 valence electrons. The van der Waals surface area contributed by atoms with E-state index in [2.05, 4.69) is 15.3 Å². The van der Waals surface area contributed by atoms with Crippen LogP contribution in [-0.4, -0.2) is 15.9 Å². The van der Waals surface area contributed by atoms with E-state index in [1.807, 2.05) is 48.8 Å². The van der Waals surface area contributed by atoms with Gasteiger partial charge in [-0.05, 0) is 23.8 Å². The minimum atomic E-state index is 0.0272. The lowest BCUT2D eigenvalue weighted by molar-refractivity contribution is -0.120. The first-order chi connectivity index (χ1) is 9.33. The molecule has 0 atom stereocenters. The molecule has 4 nitrogen and oxygen atoms in total. The molecule has 1 aromatic carbocycles. The maximum absolute atomic E-state index is 11.9. The zero-order chi connectivity index (χ0) is 13.1. The summed E-state index contributed by atoms with van der Waals surface area (Å²) < 4.78 is 0. The largest absolute Gasteiger partial charge is 0.364 e. The Morgan fingerprint density at radius 3 is 2.84 bits per heavy atom. The molecule has 3 rings (SSSR count). The molecule has 0 aliphatic rings. The molecule has 0 unspecified atom stereocenters. The van der Waals surface area contributed by atoms with Gasteiger partial charge in [-0.3, -0.25) is 4.79 Å². The first-order valence-corrected chi connectivity index (χ1v) is 6.27. The Morgan fingerprint density at radius 1 is 1.11 bits per heavy atom. The Labute approximate surface area is 110 Å². The molecule has 0 saturated heterocycles. The predicted octanol–water partition coefficient (Wildman–Crippen LogP) is 2.35. The summed E-state index contributed by atoms with van der Waals surface area (Å²) in [5.41, 5.74) is 3.10. The van der Waals surface area contributed by atoms with Gasteiger partial charge >= 0.3 is 0 Å². The van der Waals surface area contributed by atoms with Gasteiger partial charge in [-0.1, -0.05) is 18.2 Å². The van der Waals surface area contributed by atoms with E-state index < -0.39 is 0 Å². The van der Waals surface area contributed by atoms with Crippen LogP contribution in [0.25, 0.3) is 10.9 Å². The number of carbonyl (C=O) groups is 1. The number of aromatic amines is 2. The van der Waals surface area contributed by atoms with Crippen molar-refractivity contribution in [3.8, 4) is 0 Å². The summed E-state index contributed by atoms with van der Waals surface area (Å²) in [5, 5.41) is 4.01. The molecule has 4 heteroatoms. The summed E-state index contributed by atoms with van der Waals surface area (Å²) in [6.07, 6.45) is 4.14. The highest BCUT2D eigenvalue weighted by Crippen LogP contribution is 2.17. The molecular weight excluding hydrogens is 238 g/mol. The monoisotopic (exact) mass is 253 g/mol. The lowest BCUT2D eigenvalue weighted by Crippen LogP contribution is -2.24. The van der Waals surface area contributed by atoms with Crippen LogP contribution in [0, 0.1) is 0 Å². The summed E-state index contributed by atoms with van der Waals surface area (Å²) in [5.74, 6) is 0.0272. The Morgan fingerprint density at radius 2 is 2.00 bits per heavy atom. The number of H-pyrrole nitrogens is 2. The number of nitrogens with one attached hydrogen (secondary N) is 3. The molecule has 3 N–H and O–H groups in total. The number of carbonyl (C=O) groups excluding carboxylic acids is 1. The van der Waals surface area contributed by atoms with E-state index in [0.717, 1.165) is 22.2 Å². The summed E-state index contributed by atoms with van der Waals surface area (Å²) in [7, 11) is 0. The SMILES string of the molecule is O=C(Cc1c[nH]c2ccccc12)NCc1ccc[nH]1. The number of amides is 1. The van der Waals surface area contributed by atoms with Crippen LogP contribution in [0.5, 0.6) is 0 Å². The average molecular weight is 253 g/mol. The normalized spacial score (nSPS) is 10.7. The van der Waals surface area contributed by atoms with Crippen molar-refractivity contribution in [1.29, 1.82) is 0 Å².